The lowest BCUT2D eigenvalue weighted by Gasteiger charge is -2.23. The number of aromatic hydroxyl groups is 1. The van der Waals surface area contributed by atoms with Crippen molar-refractivity contribution in [2.75, 3.05) is 20.8 Å². The van der Waals surface area contributed by atoms with Crippen molar-refractivity contribution in [1.82, 2.24) is 10.2 Å². The number of urea groups is 1. The highest BCUT2D eigenvalue weighted by Crippen LogP contribution is 2.29. The number of ether oxygens (including phenoxy) is 2. The van der Waals surface area contributed by atoms with Gasteiger partial charge in [-0.3, -0.25) is 0 Å². The molecule has 0 atom stereocenters. The molecule has 2 aromatic rings. The first-order valence-corrected chi connectivity index (χ1v) is 9.14. The van der Waals surface area contributed by atoms with Crippen molar-refractivity contribution in [2.45, 2.75) is 31.8 Å². The van der Waals surface area contributed by atoms with Crippen molar-refractivity contribution >= 4 is 6.03 Å². The van der Waals surface area contributed by atoms with E-state index < -0.39 is 0 Å². The zero-order valence-electron chi connectivity index (χ0n) is 15.8. The second-order valence-electron chi connectivity index (χ2n) is 6.69. The molecule has 1 fully saturated rings. The number of hydrogen-bond donors (Lipinski definition) is 2. The van der Waals surface area contributed by atoms with Gasteiger partial charge in [0.2, 0.25) is 0 Å². The van der Waals surface area contributed by atoms with E-state index in [1.165, 1.54) is 0 Å². The average molecular weight is 370 g/mol. The van der Waals surface area contributed by atoms with Crippen LogP contribution >= 0.6 is 0 Å². The topological polar surface area (TPSA) is 71.0 Å². The number of carbonyl (C=O) groups is 1. The van der Waals surface area contributed by atoms with Gasteiger partial charge in [-0.1, -0.05) is 12.1 Å². The first-order valence-electron chi connectivity index (χ1n) is 9.14. The number of methoxy groups -OCH3 is 2. The summed E-state index contributed by atoms with van der Waals surface area (Å²) in [6.45, 7) is 0.999. The van der Waals surface area contributed by atoms with E-state index >= 15 is 0 Å². The van der Waals surface area contributed by atoms with Crippen LogP contribution in [0.2, 0.25) is 0 Å². The van der Waals surface area contributed by atoms with Crippen LogP contribution in [0.15, 0.2) is 42.5 Å². The highest BCUT2D eigenvalue weighted by Gasteiger charge is 2.32. The summed E-state index contributed by atoms with van der Waals surface area (Å²) in [6, 6.07) is 12.9. The van der Waals surface area contributed by atoms with Crippen LogP contribution in [-0.2, 0) is 13.0 Å². The molecule has 27 heavy (non-hydrogen) atoms. The Morgan fingerprint density at radius 2 is 2.00 bits per heavy atom. The van der Waals surface area contributed by atoms with Gasteiger partial charge in [0.1, 0.15) is 17.2 Å². The predicted octanol–water partition coefficient (Wildman–Crippen LogP) is 3.33. The van der Waals surface area contributed by atoms with Gasteiger partial charge in [-0.05, 0) is 60.7 Å². The third-order valence-electron chi connectivity index (χ3n) is 4.67. The van der Waals surface area contributed by atoms with Crippen LogP contribution in [0.25, 0.3) is 0 Å². The number of nitrogens with zero attached hydrogens (tertiary/aromatic N) is 1. The Morgan fingerprint density at radius 1 is 1.19 bits per heavy atom. The molecule has 0 radical (unpaired) electrons. The molecular weight excluding hydrogens is 344 g/mol. The minimum absolute atomic E-state index is 0.0808. The molecular formula is C21H26N2O4. The van der Waals surface area contributed by atoms with Crippen LogP contribution in [0.4, 0.5) is 4.79 Å². The minimum Gasteiger partial charge on any atom is -0.508 e. The lowest BCUT2D eigenvalue weighted by molar-refractivity contribution is 0.192. The molecule has 0 heterocycles. The molecule has 0 spiro atoms. The number of phenols is 1. The minimum atomic E-state index is -0.0808. The first-order chi connectivity index (χ1) is 13.1. The first kappa shape index (κ1) is 18.9. The van der Waals surface area contributed by atoms with E-state index in [0.29, 0.717) is 19.5 Å². The van der Waals surface area contributed by atoms with E-state index in [0.717, 1.165) is 35.5 Å². The molecule has 1 saturated carbocycles. The Bertz CT molecular complexity index is 790. The Kier molecular flexibility index (Phi) is 6.06. The normalized spacial score (nSPS) is 13.1. The van der Waals surface area contributed by atoms with Gasteiger partial charge in [0.25, 0.3) is 0 Å². The van der Waals surface area contributed by atoms with E-state index in [2.05, 4.69) is 5.32 Å². The second-order valence-corrected chi connectivity index (χ2v) is 6.69. The Labute approximate surface area is 159 Å². The zero-order valence-corrected chi connectivity index (χ0v) is 15.8. The van der Waals surface area contributed by atoms with Crippen molar-refractivity contribution in [2.24, 2.45) is 0 Å². The van der Waals surface area contributed by atoms with Crippen LogP contribution in [0.3, 0.4) is 0 Å². The molecule has 2 N–H and O–H groups in total. The van der Waals surface area contributed by atoms with Gasteiger partial charge in [-0.2, -0.15) is 0 Å². The van der Waals surface area contributed by atoms with Crippen LogP contribution in [-0.4, -0.2) is 42.8 Å². The van der Waals surface area contributed by atoms with Gasteiger partial charge < -0.3 is 24.8 Å². The summed E-state index contributed by atoms with van der Waals surface area (Å²) in [6.07, 6.45) is 2.70. The molecule has 2 aromatic carbocycles. The smallest absolute Gasteiger partial charge is 0.317 e. The lowest BCUT2D eigenvalue weighted by Crippen LogP contribution is -2.41. The molecule has 0 saturated heterocycles. The second kappa shape index (κ2) is 8.66. The molecule has 0 bridgehead atoms. The summed E-state index contributed by atoms with van der Waals surface area (Å²) >= 11 is 0. The molecule has 0 unspecified atom stereocenters. The summed E-state index contributed by atoms with van der Waals surface area (Å²) in [7, 11) is 3.26. The molecule has 0 aromatic heterocycles. The fourth-order valence-corrected chi connectivity index (χ4v) is 3.09. The van der Waals surface area contributed by atoms with E-state index in [-0.39, 0.29) is 17.8 Å². The molecule has 6 heteroatoms. The highest BCUT2D eigenvalue weighted by atomic mass is 16.5. The van der Waals surface area contributed by atoms with E-state index in [1.807, 2.05) is 29.2 Å². The number of nitrogens with one attached hydrogen (secondary N) is 1. The van der Waals surface area contributed by atoms with Gasteiger partial charge in [0.15, 0.2) is 0 Å². The predicted molar refractivity (Wildman–Crippen MR) is 103 cm³/mol. The van der Waals surface area contributed by atoms with Crippen molar-refractivity contribution in [3.8, 4) is 17.2 Å². The standard InChI is InChI=1S/C21H26N2O4/c1-26-19-8-9-20(27-2)16(13-19)10-11-22-21(25)23(17-6-7-17)14-15-4-3-5-18(24)12-15/h3-5,8-9,12-13,17,24H,6-7,10-11,14H2,1-2H3,(H,22,25). The molecule has 144 valence electrons. The number of hydrogen-bond acceptors (Lipinski definition) is 4. The molecule has 2 amide bonds. The van der Waals surface area contributed by atoms with Crippen LogP contribution in [0.1, 0.15) is 24.0 Å². The van der Waals surface area contributed by atoms with Gasteiger partial charge in [0, 0.05) is 19.1 Å². The van der Waals surface area contributed by atoms with Crippen molar-refractivity contribution in [3.05, 3.63) is 53.6 Å². The summed E-state index contributed by atoms with van der Waals surface area (Å²) in [5.41, 5.74) is 1.91. The van der Waals surface area contributed by atoms with Crippen LogP contribution < -0.4 is 14.8 Å². The Balaban J connectivity index is 1.59. The molecule has 0 aliphatic heterocycles. The van der Waals surface area contributed by atoms with Gasteiger partial charge in [0.05, 0.1) is 14.2 Å². The van der Waals surface area contributed by atoms with E-state index in [9.17, 15) is 9.90 Å². The monoisotopic (exact) mass is 370 g/mol. The molecule has 3 rings (SSSR count). The summed E-state index contributed by atoms with van der Waals surface area (Å²) in [5, 5.41) is 12.6. The molecule has 1 aliphatic carbocycles. The maximum absolute atomic E-state index is 12.7. The number of benzene rings is 2. The third-order valence-corrected chi connectivity index (χ3v) is 4.67. The van der Waals surface area contributed by atoms with E-state index in [4.69, 9.17) is 9.47 Å². The quantitative estimate of drug-likeness (QED) is 0.748. The fraction of sp³-hybridized carbons (Fsp3) is 0.381. The van der Waals surface area contributed by atoms with Gasteiger partial charge in [-0.15, -0.1) is 0 Å². The van der Waals surface area contributed by atoms with Crippen molar-refractivity contribution < 1.29 is 19.4 Å². The number of rotatable bonds is 8. The zero-order chi connectivity index (χ0) is 19.2. The maximum Gasteiger partial charge on any atom is 0.317 e. The van der Waals surface area contributed by atoms with Crippen LogP contribution in [0.5, 0.6) is 17.2 Å². The number of amides is 2. The number of carbonyl (C=O) groups excluding carboxylic acids is 1. The largest absolute Gasteiger partial charge is 0.508 e. The third kappa shape index (κ3) is 5.06. The van der Waals surface area contributed by atoms with Crippen molar-refractivity contribution in [1.29, 1.82) is 0 Å². The SMILES string of the molecule is COc1ccc(OC)c(CCNC(=O)N(Cc2cccc(O)c2)C2CC2)c1. The summed E-state index contributed by atoms with van der Waals surface area (Å²) in [4.78, 5) is 14.5. The van der Waals surface area contributed by atoms with Gasteiger partial charge >= 0.3 is 6.03 Å². The fourth-order valence-electron chi connectivity index (χ4n) is 3.09. The van der Waals surface area contributed by atoms with Crippen molar-refractivity contribution in [3.63, 3.8) is 0 Å². The van der Waals surface area contributed by atoms with Crippen LogP contribution in [0, 0.1) is 0 Å². The maximum atomic E-state index is 12.7. The number of phenolic OH excluding ortho intramolecular Hbond substituents is 1. The summed E-state index contributed by atoms with van der Waals surface area (Å²) in [5.74, 6) is 1.76. The average Bonchev–Trinajstić information content (AvgIpc) is 3.51. The summed E-state index contributed by atoms with van der Waals surface area (Å²) < 4.78 is 10.7. The molecule has 6 nitrogen and oxygen atoms in total. The molecule has 1 aliphatic rings. The van der Waals surface area contributed by atoms with E-state index in [1.54, 1.807) is 32.4 Å². The van der Waals surface area contributed by atoms with Gasteiger partial charge in [-0.25, -0.2) is 4.79 Å². The Morgan fingerprint density at radius 3 is 2.67 bits per heavy atom. The highest BCUT2D eigenvalue weighted by molar-refractivity contribution is 5.75. The Hall–Kier alpha value is -2.89. The lowest BCUT2D eigenvalue weighted by atomic mass is 10.1.